The number of pyridine rings is 2. The van der Waals surface area contributed by atoms with E-state index in [0.29, 0.717) is 21.8 Å². The predicted octanol–water partition coefficient (Wildman–Crippen LogP) is -1.57. The Morgan fingerprint density at radius 2 is 1.30 bits per heavy atom. The molecule has 30 heavy (non-hydrogen) atoms. The first-order chi connectivity index (χ1) is 14.5. The van der Waals surface area contributed by atoms with Gasteiger partial charge < -0.3 is 0 Å². The maximum absolute atomic E-state index is 11.5. The molecule has 0 N–H and O–H groups in total. The second-order valence-corrected chi connectivity index (χ2v) is 11.1. The standard InChI is InChI=1S/C16H11N6O4Si.C2H3N/c23-9-17-27(18-10-24,19-11-25,20-12-26)21-7-1-3-13-5-6-14-4-2-8-22(27)16(14)15(13)21;1-2-3/h1-8,23-25H;1H3/q+3;/p-3. The van der Waals surface area contributed by atoms with Gasteiger partial charge in [-0.3, -0.25) is 0 Å². The van der Waals surface area contributed by atoms with Crippen LogP contribution in [0.25, 0.3) is 35.3 Å². The zero-order chi connectivity index (χ0) is 21.9. The third-order valence-electron chi connectivity index (χ3n) is 4.98. The van der Waals surface area contributed by atoms with Crippen LogP contribution in [0.15, 0.2) is 53.4 Å². The maximum atomic E-state index is 11.5. The third-order valence-corrected chi connectivity index (χ3v) is 10.2. The minimum absolute atomic E-state index is 0.413. The molecule has 11 nitrogen and oxygen atoms in total. The monoisotopic (exact) mass is 417 g/mol. The average molecular weight is 417 g/mol. The number of isocyanates is 1. The Balaban J connectivity index is 0.000000806. The van der Waals surface area contributed by atoms with Crippen LogP contribution in [0.5, 0.6) is 0 Å². The summed E-state index contributed by atoms with van der Waals surface area (Å²) < 4.78 is 17.3. The second kappa shape index (κ2) is 6.27. The summed E-state index contributed by atoms with van der Waals surface area (Å²) in [7, 11) is -6.58. The van der Waals surface area contributed by atoms with Gasteiger partial charge in [0.2, 0.25) is 0 Å². The Labute approximate surface area is 168 Å². The van der Waals surface area contributed by atoms with Crippen molar-refractivity contribution in [3.8, 4) is 24.8 Å². The summed E-state index contributed by atoms with van der Waals surface area (Å²) in [6, 6.07) is 11.9. The van der Waals surface area contributed by atoms with E-state index in [9.17, 15) is 20.1 Å². The van der Waals surface area contributed by atoms with E-state index in [1.165, 1.54) is 52.6 Å². The number of carbonyl (C=O) groups excluding carboxylic acids is 1. The van der Waals surface area contributed by atoms with E-state index in [-0.39, 0.29) is 0 Å². The first kappa shape index (κ1) is 19.8. The number of hydrogen-bond donors (Lipinski definition) is 0. The summed E-state index contributed by atoms with van der Waals surface area (Å²) in [6.07, 6.45) is 7.92. The van der Waals surface area contributed by atoms with Gasteiger partial charge in [-0.1, -0.05) is 0 Å². The zero-order valence-electron chi connectivity index (χ0n) is 15.4. The Bertz CT molecular complexity index is 1410. The molecule has 0 fully saturated rings. The van der Waals surface area contributed by atoms with Gasteiger partial charge in [-0.15, -0.1) is 0 Å². The fourth-order valence-electron chi connectivity index (χ4n) is 3.94. The molecule has 0 bridgehead atoms. The molecule has 0 saturated carbocycles. The van der Waals surface area contributed by atoms with E-state index in [0.717, 1.165) is 0 Å². The topological polar surface area (TPSA) is 143 Å². The van der Waals surface area contributed by atoms with Gasteiger partial charge >= 0.3 is 150 Å². The Morgan fingerprint density at radius 3 is 1.63 bits per heavy atom. The second-order valence-electron chi connectivity index (χ2n) is 6.23. The third kappa shape index (κ3) is 1.93. The van der Waals surface area contributed by atoms with Crippen molar-refractivity contribution >= 4 is 35.5 Å². The first-order valence-electron chi connectivity index (χ1n) is 8.31. The number of benzene rings is 1. The molecule has 2 aromatic heterocycles. The van der Waals surface area contributed by atoms with E-state index < -0.39 is 7.60 Å². The molecule has 0 radical (unpaired) electrons. The fourth-order valence-corrected chi connectivity index (χ4v) is 8.46. The van der Waals surface area contributed by atoms with E-state index in [1.807, 2.05) is 0 Å². The first-order valence-corrected chi connectivity index (χ1v) is 11.0. The Morgan fingerprint density at radius 1 is 0.900 bits per heavy atom. The molecule has 1 aliphatic heterocycles. The number of hydrogen-bond acceptors (Lipinski definition) is 6. The van der Waals surface area contributed by atoms with Crippen molar-refractivity contribution in [2.45, 2.75) is 6.92 Å². The molecule has 1 aliphatic rings. The molecule has 3 aromatic rings. The summed E-state index contributed by atoms with van der Waals surface area (Å²) in [5, 5.41) is 43.2. The van der Waals surface area contributed by atoms with Gasteiger partial charge in [-0.05, 0) is 0 Å². The molecule has 0 atom stereocenters. The van der Waals surface area contributed by atoms with E-state index in [1.54, 1.807) is 42.5 Å². The number of rotatable bonds is 1. The number of aromatic nitrogens is 2. The zero-order valence-corrected chi connectivity index (χ0v) is 16.4. The van der Waals surface area contributed by atoms with Crippen LogP contribution >= 0.6 is 0 Å². The van der Waals surface area contributed by atoms with Gasteiger partial charge in [0.05, 0.1) is 6.07 Å². The molecule has 0 saturated heterocycles. The van der Waals surface area contributed by atoms with Crippen molar-refractivity contribution in [3.63, 3.8) is 0 Å². The van der Waals surface area contributed by atoms with Crippen molar-refractivity contribution in [3.05, 3.63) is 62.3 Å². The van der Waals surface area contributed by atoms with Gasteiger partial charge in [0, 0.05) is 6.92 Å². The predicted molar refractivity (Wildman–Crippen MR) is 99.5 cm³/mol. The van der Waals surface area contributed by atoms with Crippen molar-refractivity contribution in [2.24, 2.45) is 4.66 Å². The van der Waals surface area contributed by atoms with Gasteiger partial charge in [0.1, 0.15) is 0 Å². The molecule has 1 aromatic carbocycles. The summed E-state index contributed by atoms with van der Waals surface area (Å²) in [6.45, 7) is 1.43. The van der Waals surface area contributed by atoms with Gasteiger partial charge in [0.25, 0.3) is 0 Å². The quantitative estimate of drug-likeness (QED) is 0.155. The van der Waals surface area contributed by atoms with Crippen LogP contribution in [0.2, 0.25) is 0 Å². The van der Waals surface area contributed by atoms with Crippen LogP contribution in [-0.2, 0) is 4.79 Å². The summed E-state index contributed by atoms with van der Waals surface area (Å²) in [4.78, 5) is 11.5. The molecular weight excluding hydrogens is 406 g/mol. The summed E-state index contributed by atoms with van der Waals surface area (Å²) in [5.41, 5.74) is 0.826. The van der Waals surface area contributed by atoms with Crippen molar-refractivity contribution in [2.75, 3.05) is 0 Å². The van der Waals surface area contributed by atoms with Crippen LogP contribution in [-0.4, -0.2) is 13.7 Å². The summed E-state index contributed by atoms with van der Waals surface area (Å²) >= 11 is 0. The number of nitriles is 1. The van der Waals surface area contributed by atoms with Crippen molar-refractivity contribution < 1.29 is 28.6 Å². The normalized spacial score (nSPS) is 17.1. The minimum atomic E-state index is -6.58. The van der Waals surface area contributed by atoms with Gasteiger partial charge in [-0.2, -0.15) is 5.26 Å². The van der Waals surface area contributed by atoms with Gasteiger partial charge in [-0.25, -0.2) is 0 Å². The van der Waals surface area contributed by atoms with Crippen LogP contribution in [0, 0.1) is 30.1 Å². The number of nitrogens with zero attached hydrogens (tertiary/aromatic N) is 7. The molecular formula is C18H11N7O4Si. The molecule has 0 unspecified atom stereocenters. The van der Waals surface area contributed by atoms with E-state index >= 15 is 0 Å². The molecule has 0 spiro atoms. The van der Waals surface area contributed by atoms with Crippen LogP contribution in [0.1, 0.15) is 6.92 Å². The van der Waals surface area contributed by atoms with Gasteiger partial charge in [0.15, 0.2) is 0 Å². The van der Waals surface area contributed by atoms with Crippen molar-refractivity contribution in [1.82, 2.24) is 0 Å². The van der Waals surface area contributed by atoms with E-state index in [4.69, 9.17) is 5.26 Å². The van der Waals surface area contributed by atoms with Crippen LogP contribution < -0.4 is 23.8 Å². The molecule has 0 aliphatic carbocycles. The molecule has 3 heterocycles. The molecule has 12 heteroatoms. The Hall–Kier alpha value is -5.00. The van der Waals surface area contributed by atoms with E-state index in [2.05, 4.69) is 18.2 Å². The van der Waals surface area contributed by atoms with Crippen LogP contribution in [0.3, 0.4) is 0 Å². The van der Waals surface area contributed by atoms with Crippen molar-refractivity contribution in [1.29, 1.82) is 5.26 Å². The molecule has 146 valence electrons. The molecule has 4 rings (SSSR count). The Kier molecular flexibility index (Phi) is 4.13. The van der Waals surface area contributed by atoms with Crippen LogP contribution in [0.4, 0.5) is 0 Å². The SMILES string of the molecule is CC#N.O=C=N[Si-2]1([N+]#C[O-])([N+]#C[O-])([N+]#C[O-])[n+]2cccc3ccc4ccc[n+]1c4c32. The average Bonchev–Trinajstić information content (AvgIpc) is 2.95. The summed E-state index contributed by atoms with van der Waals surface area (Å²) in [5.74, 6) is 0. The molecule has 0 amide bonds. The fraction of sp³-hybridized carbons (Fsp3) is 0.0556.